The summed E-state index contributed by atoms with van der Waals surface area (Å²) in [7, 11) is 0. The third-order valence-electron chi connectivity index (χ3n) is 2.76. The average Bonchev–Trinajstić information content (AvgIpc) is 2.48. The SMILES string of the molecule is O=C(CCC(=O)c1ccccc1Cl)Nc1ccc(Br)nc1. The summed E-state index contributed by atoms with van der Waals surface area (Å²) in [4.78, 5) is 27.8. The Bertz CT molecular complexity index is 659. The molecular weight excluding hydrogens is 356 g/mol. The third kappa shape index (κ3) is 4.65. The first-order valence-electron chi connectivity index (χ1n) is 6.25. The lowest BCUT2D eigenvalue weighted by Gasteiger charge is -2.05. The minimum Gasteiger partial charge on any atom is -0.325 e. The van der Waals surface area contributed by atoms with E-state index in [1.54, 1.807) is 36.4 Å². The Kier molecular flexibility index (Phi) is 5.47. The number of Topliss-reactive ketones (excluding diaryl/α,β-unsaturated/α-hetero) is 1. The van der Waals surface area contributed by atoms with E-state index in [4.69, 9.17) is 11.6 Å². The molecule has 1 heterocycles. The van der Waals surface area contributed by atoms with Gasteiger partial charge in [0.2, 0.25) is 5.91 Å². The molecule has 1 aromatic heterocycles. The fourth-order valence-corrected chi connectivity index (χ4v) is 2.20. The van der Waals surface area contributed by atoms with Gasteiger partial charge in [-0.05, 0) is 40.2 Å². The van der Waals surface area contributed by atoms with Gasteiger partial charge in [-0.15, -0.1) is 0 Å². The number of anilines is 1. The van der Waals surface area contributed by atoms with Gasteiger partial charge >= 0.3 is 0 Å². The van der Waals surface area contributed by atoms with E-state index in [0.29, 0.717) is 20.9 Å². The van der Waals surface area contributed by atoms with Gasteiger partial charge in [0.05, 0.1) is 16.9 Å². The van der Waals surface area contributed by atoms with Crippen molar-refractivity contribution in [2.24, 2.45) is 0 Å². The van der Waals surface area contributed by atoms with E-state index in [2.05, 4.69) is 26.2 Å². The maximum absolute atomic E-state index is 12.0. The Morgan fingerprint density at radius 1 is 1.14 bits per heavy atom. The van der Waals surface area contributed by atoms with Crippen molar-refractivity contribution in [3.8, 4) is 0 Å². The molecule has 0 atom stereocenters. The minimum absolute atomic E-state index is 0.0973. The van der Waals surface area contributed by atoms with Gasteiger partial charge in [0.1, 0.15) is 4.60 Å². The van der Waals surface area contributed by atoms with E-state index >= 15 is 0 Å². The highest BCUT2D eigenvalue weighted by Gasteiger charge is 2.12. The fourth-order valence-electron chi connectivity index (χ4n) is 1.72. The second-order valence-corrected chi connectivity index (χ2v) is 5.54. The number of benzene rings is 1. The Labute approximate surface area is 135 Å². The molecule has 0 aliphatic heterocycles. The van der Waals surface area contributed by atoms with Gasteiger partial charge in [-0.1, -0.05) is 23.7 Å². The zero-order valence-corrected chi connectivity index (χ0v) is 13.3. The van der Waals surface area contributed by atoms with Crippen LogP contribution in [-0.2, 0) is 4.79 Å². The number of carbonyl (C=O) groups excluding carboxylic acids is 2. The first kappa shape index (κ1) is 15.7. The number of halogens is 2. The third-order valence-corrected chi connectivity index (χ3v) is 3.56. The monoisotopic (exact) mass is 366 g/mol. The number of carbonyl (C=O) groups is 2. The van der Waals surface area contributed by atoms with Crippen LogP contribution in [0.4, 0.5) is 5.69 Å². The van der Waals surface area contributed by atoms with Crippen LogP contribution < -0.4 is 5.32 Å². The van der Waals surface area contributed by atoms with Gasteiger partial charge in [0, 0.05) is 18.4 Å². The summed E-state index contributed by atoms with van der Waals surface area (Å²) in [5.74, 6) is -0.385. The molecule has 0 radical (unpaired) electrons. The number of amides is 1. The molecule has 1 amide bonds. The highest BCUT2D eigenvalue weighted by molar-refractivity contribution is 9.10. The van der Waals surface area contributed by atoms with Gasteiger partial charge in [0.25, 0.3) is 0 Å². The van der Waals surface area contributed by atoms with Crippen LogP contribution in [0.2, 0.25) is 5.02 Å². The largest absolute Gasteiger partial charge is 0.325 e. The van der Waals surface area contributed by atoms with Crippen molar-refractivity contribution in [3.63, 3.8) is 0 Å². The van der Waals surface area contributed by atoms with Crippen LogP contribution in [0.5, 0.6) is 0 Å². The summed E-state index contributed by atoms with van der Waals surface area (Å²) in [6.45, 7) is 0. The molecule has 0 aliphatic carbocycles. The molecule has 0 spiro atoms. The van der Waals surface area contributed by atoms with Crippen LogP contribution in [0.25, 0.3) is 0 Å². The second-order valence-electron chi connectivity index (χ2n) is 4.32. The zero-order chi connectivity index (χ0) is 15.2. The summed E-state index contributed by atoms with van der Waals surface area (Å²) in [5, 5.41) is 3.09. The van der Waals surface area contributed by atoms with Gasteiger partial charge < -0.3 is 5.32 Å². The number of pyridine rings is 1. The summed E-state index contributed by atoms with van der Waals surface area (Å²) in [5.41, 5.74) is 1.03. The molecule has 2 rings (SSSR count). The molecule has 1 aromatic carbocycles. The lowest BCUT2D eigenvalue weighted by atomic mass is 10.1. The standard InChI is InChI=1S/C15H12BrClN2O2/c16-14-7-5-10(9-18-14)19-15(21)8-6-13(20)11-3-1-2-4-12(11)17/h1-5,7,9H,6,8H2,(H,19,21). The van der Waals surface area contributed by atoms with Crippen molar-refractivity contribution in [2.75, 3.05) is 5.32 Å². The highest BCUT2D eigenvalue weighted by atomic mass is 79.9. The number of ketones is 1. The predicted molar refractivity (Wildman–Crippen MR) is 85.6 cm³/mol. The second kappa shape index (κ2) is 7.33. The molecule has 4 nitrogen and oxygen atoms in total. The van der Waals surface area contributed by atoms with Gasteiger partial charge in [-0.3, -0.25) is 9.59 Å². The summed E-state index contributed by atoms with van der Waals surface area (Å²) in [6, 6.07) is 10.3. The Balaban J connectivity index is 1.88. The molecule has 0 bridgehead atoms. The maximum atomic E-state index is 12.0. The minimum atomic E-state index is -0.237. The molecule has 21 heavy (non-hydrogen) atoms. The predicted octanol–water partition coefficient (Wildman–Crippen LogP) is 4.10. The van der Waals surface area contributed by atoms with E-state index in [1.807, 2.05) is 0 Å². The first-order valence-corrected chi connectivity index (χ1v) is 7.42. The van der Waals surface area contributed by atoms with E-state index < -0.39 is 0 Å². The number of nitrogens with one attached hydrogen (secondary N) is 1. The molecule has 108 valence electrons. The molecule has 0 aliphatic rings. The molecule has 1 N–H and O–H groups in total. The number of hydrogen-bond acceptors (Lipinski definition) is 3. The molecule has 6 heteroatoms. The normalized spacial score (nSPS) is 10.2. The Hall–Kier alpha value is -1.72. The Morgan fingerprint density at radius 3 is 2.57 bits per heavy atom. The van der Waals surface area contributed by atoms with E-state index in [1.165, 1.54) is 6.20 Å². The summed E-state index contributed by atoms with van der Waals surface area (Å²) >= 11 is 9.16. The average molecular weight is 368 g/mol. The summed E-state index contributed by atoms with van der Waals surface area (Å²) < 4.78 is 0.689. The van der Waals surface area contributed by atoms with Crippen molar-refractivity contribution in [1.82, 2.24) is 4.98 Å². The van der Waals surface area contributed by atoms with Crippen LogP contribution in [0.15, 0.2) is 47.2 Å². The van der Waals surface area contributed by atoms with E-state index in [9.17, 15) is 9.59 Å². The Morgan fingerprint density at radius 2 is 1.90 bits per heavy atom. The van der Waals surface area contributed by atoms with Crippen molar-refractivity contribution in [2.45, 2.75) is 12.8 Å². The quantitative estimate of drug-likeness (QED) is 0.639. The zero-order valence-electron chi connectivity index (χ0n) is 11.0. The smallest absolute Gasteiger partial charge is 0.224 e. The van der Waals surface area contributed by atoms with Crippen molar-refractivity contribution >= 4 is 44.9 Å². The molecule has 0 unspecified atom stereocenters. The van der Waals surface area contributed by atoms with Crippen LogP contribution in [0.3, 0.4) is 0 Å². The molecule has 2 aromatic rings. The van der Waals surface area contributed by atoms with Crippen LogP contribution >= 0.6 is 27.5 Å². The molecular formula is C15H12BrClN2O2. The van der Waals surface area contributed by atoms with Crippen LogP contribution in [-0.4, -0.2) is 16.7 Å². The maximum Gasteiger partial charge on any atom is 0.224 e. The van der Waals surface area contributed by atoms with Crippen LogP contribution in [0, 0.1) is 0 Å². The van der Waals surface area contributed by atoms with Crippen LogP contribution in [0.1, 0.15) is 23.2 Å². The number of hydrogen-bond donors (Lipinski definition) is 1. The molecule has 0 saturated carbocycles. The fraction of sp³-hybridized carbons (Fsp3) is 0.133. The van der Waals surface area contributed by atoms with Gasteiger partial charge in [0.15, 0.2) is 5.78 Å². The molecule has 0 saturated heterocycles. The van der Waals surface area contributed by atoms with E-state index in [0.717, 1.165) is 0 Å². The first-order chi connectivity index (χ1) is 10.1. The van der Waals surface area contributed by atoms with Crippen molar-refractivity contribution in [1.29, 1.82) is 0 Å². The van der Waals surface area contributed by atoms with Crippen molar-refractivity contribution in [3.05, 3.63) is 57.8 Å². The lowest BCUT2D eigenvalue weighted by Crippen LogP contribution is -2.13. The lowest BCUT2D eigenvalue weighted by molar-refractivity contribution is -0.116. The topological polar surface area (TPSA) is 59.1 Å². The van der Waals surface area contributed by atoms with Gasteiger partial charge in [-0.2, -0.15) is 0 Å². The van der Waals surface area contributed by atoms with E-state index in [-0.39, 0.29) is 24.5 Å². The number of rotatable bonds is 5. The number of aromatic nitrogens is 1. The summed E-state index contributed by atoms with van der Waals surface area (Å²) in [6.07, 6.45) is 1.75. The van der Waals surface area contributed by atoms with Crippen molar-refractivity contribution < 1.29 is 9.59 Å². The number of nitrogens with zero attached hydrogens (tertiary/aromatic N) is 1. The highest BCUT2D eigenvalue weighted by Crippen LogP contribution is 2.17. The molecule has 0 fully saturated rings. The van der Waals surface area contributed by atoms with Gasteiger partial charge in [-0.25, -0.2) is 4.98 Å².